The number of fused-ring (bicyclic) bond motifs is 3. The molecule has 0 aromatic heterocycles. The Morgan fingerprint density at radius 2 is 1.86 bits per heavy atom. The van der Waals surface area contributed by atoms with Gasteiger partial charge in [-0.25, -0.2) is 6.57 Å². The van der Waals surface area contributed by atoms with Gasteiger partial charge in [-0.05, 0) is 48.6 Å². The number of likely N-dealkylation sites (N-methyl/N-ethyl adjacent to an activating group) is 1. The second-order valence-electron chi connectivity index (χ2n) is 12.6. The molecule has 1 fully saturated rings. The zero-order chi connectivity index (χ0) is 32.2. The van der Waals surface area contributed by atoms with Gasteiger partial charge in [-0.1, -0.05) is 39.0 Å². The number of anilines is 1. The molecular weight excluding hydrogens is 576 g/mol. The van der Waals surface area contributed by atoms with E-state index in [0.717, 1.165) is 11.6 Å². The fraction of sp³-hybridized carbons (Fsp3) is 0.452. The van der Waals surface area contributed by atoms with Crippen LogP contribution in [-0.4, -0.2) is 71.6 Å². The maximum Gasteiger partial charge on any atom is 0.586 e. The number of amides is 4. The number of nitrogens with zero attached hydrogens (tertiary/aromatic N) is 3. The highest BCUT2D eigenvalue weighted by Gasteiger charge is 2.59. The van der Waals surface area contributed by atoms with Crippen LogP contribution in [0.25, 0.3) is 4.85 Å². The van der Waals surface area contributed by atoms with Crippen molar-refractivity contribution in [3.8, 4) is 11.5 Å². The van der Waals surface area contributed by atoms with E-state index >= 15 is 0 Å². The summed E-state index contributed by atoms with van der Waals surface area (Å²) in [5, 5.41) is 5.42. The molecule has 2 aromatic rings. The van der Waals surface area contributed by atoms with Crippen LogP contribution >= 0.6 is 0 Å². The second kappa shape index (κ2) is 10.8. The van der Waals surface area contributed by atoms with Crippen molar-refractivity contribution in [1.82, 2.24) is 15.1 Å². The summed E-state index contributed by atoms with van der Waals surface area (Å²) < 4.78 is 35.6. The van der Waals surface area contributed by atoms with Crippen molar-refractivity contribution >= 4 is 29.3 Å². The molecule has 5 rings (SSSR count). The first-order chi connectivity index (χ1) is 20.5. The first kappa shape index (κ1) is 30.7. The van der Waals surface area contributed by atoms with Gasteiger partial charge >= 0.3 is 12.5 Å². The Morgan fingerprint density at radius 1 is 1.18 bits per heavy atom. The molecular formula is C31H33F2N5O6. The molecule has 0 saturated carbocycles. The van der Waals surface area contributed by atoms with E-state index in [-0.39, 0.29) is 42.4 Å². The summed E-state index contributed by atoms with van der Waals surface area (Å²) in [4.78, 5) is 60.3. The Hall–Kier alpha value is -4.73. The van der Waals surface area contributed by atoms with Crippen LogP contribution in [0.1, 0.15) is 56.5 Å². The molecule has 0 bridgehead atoms. The van der Waals surface area contributed by atoms with Crippen LogP contribution in [0.2, 0.25) is 0 Å². The predicted octanol–water partition coefficient (Wildman–Crippen LogP) is 3.76. The van der Waals surface area contributed by atoms with E-state index in [1.54, 1.807) is 12.1 Å². The van der Waals surface area contributed by atoms with Gasteiger partial charge < -0.3 is 25.0 Å². The van der Waals surface area contributed by atoms with Gasteiger partial charge in [-0.15, -0.1) is 8.78 Å². The molecule has 4 atom stereocenters. The fourth-order valence-electron chi connectivity index (χ4n) is 6.01. The summed E-state index contributed by atoms with van der Waals surface area (Å²) in [6, 6.07) is 8.61. The van der Waals surface area contributed by atoms with E-state index in [1.165, 1.54) is 35.9 Å². The van der Waals surface area contributed by atoms with Gasteiger partial charge in [0.2, 0.25) is 11.8 Å². The molecule has 0 radical (unpaired) electrons. The molecule has 1 spiro atoms. The highest BCUT2D eigenvalue weighted by Crippen LogP contribution is 2.47. The van der Waals surface area contributed by atoms with Crippen LogP contribution in [0.4, 0.5) is 14.5 Å². The fourth-order valence-corrected chi connectivity index (χ4v) is 6.01. The van der Waals surface area contributed by atoms with Crippen molar-refractivity contribution < 1.29 is 37.4 Å². The van der Waals surface area contributed by atoms with Gasteiger partial charge in [-0.2, -0.15) is 0 Å². The van der Waals surface area contributed by atoms with Gasteiger partial charge in [0.25, 0.3) is 11.8 Å². The number of halogens is 2. The highest BCUT2D eigenvalue weighted by molar-refractivity contribution is 6.07. The molecule has 232 valence electrons. The lowest BCUT2D eigenvalue weighted by molar-refractivity contribution is -0.286. The Kier molecular flexibility index (Phi) is 7.52. The van der Waals surface area contributed by atoms with E-state index in [1.807, 2.05) is 32.9 Å². The average Bonchev–Trinajstić information content (AvgIpc) is 3.59. The number of likely N-dealkylation sites (tertiary alicyclic amines) is 1. The number of hydrogen-bond donors (Lipinski definition) is 2. The standard InChI is InChI=1S/C31H33F2N5O6/c1-17(35-25(39)18-11-12-22-23(13-18)44-31(32,33)43-22)26(40)37(6)21(14-29(2,3)4)27(41)38-16-30(15-24(38)34-5)19-9-7-8-10-20(19)36-28(30)42/h7-13,17,21,24H,14-16H2,1-4,6H3,(H,35,39)(H,36,42)/t17-,21-,24-,30-/m0/s1. The molecule has 44 heavy (non-hydrogen) atoms. The Balaban J connectivity index is 1.35. The lowest BCUT2D eigenvalue weighted by Gasteiger charge is -2.36. The zero-order valence-corrected chi connectivity index (χ0v) is 24.9. The Morgan fingerprint density at radius 3 is 2.55 bits per heavy atom. The summed E-state index contributed by atoms with van der Waals surface area (Å²) in [6.45, 7) is 15.0. The van der Waals surface area contributed by atoms with Crippen LogP contribution in [0.3, 0.4) is 0 Å². The summed E-state index contributed by atoms with van der Waals surface area (Å²) >= 11 is 0. The van der Waals surface area contributed by atoms with E-state index in [0.29, 0.717) is 5.69 Å². The van der Waals surface area contributed by atoms with Crippen molar-refractivity contribution in [1.29, 1.82) is 0 Å². The average molecular weight is 610 g/mol. The lowest BCUT2D eigenvalue weighted by atomic mass is 9.80. The number of nitrogens with one attached hydrogen (secondary N) is 2. The third kappa shape index (κ3) is 5.52. The number of para-hydroxylation sites is 1. The number of ether oxygens (including phenoxy) is 2. The second-order valence-corrected chi connectivity index (χ2v) is 12.6. The molecule has 1 saturated heterocycles. The number of carbonyl (C=O) groups is 4. The molecule has 13 heteroatoms. The normalized spacial score (nSPS) is 22.5. The van der Waals surface area contributed by atoms with Crippen molar-refractivity contribution in [2.45, 2.75) is 70.5 Å². The maximum absolute atomic E-state index is 14.2. The predicted molar refractivity (Wildman–Crippen MR) is 154 cm³/mol. The largest absolute Gasteiger partial charge is 0.586 e. The SMILES string of the molecule is [C-]#[N+][C@@H]1C[C@@]2(CN1C(=O)[C@H](CC(C)(C)C)N(C)C(=O)[C@H](C)NC(=O)c1ccc3c(c1)OC(F)(F)O3)C(=O)Nc1ccccc12. The number of benzene rings is 2. The summed E-state index contributed by atoms with van der Waals surface area (Å²) in [6.07, 6.45) is -4.40. The molecule has 4 amide bonds. The monoisotopic (exact) mass is 609 g/mol. The van der Waals surface area contributed by atoms with E-state index < -0.39 is 53.1 Å². The third-order valence-electron chi connectivity index (χ3n) is 8.18. The maximum atomic E-state index is 14.2. The molecule has 2 N–H and O–H groups in total. The van der Waals surface area contributed by atoms with Crippen molar-refractivity contribution in [2.24, 2.45) is 5.41 Å². The van der Waals surface area contributed by atoms with Crippen LogP contribution in [0.5, 0.6) is 11.5 Å². The number of carbonyl (C=O) groups excluding carboxylic acids is 4. The minimum Gasteiger partial charge on any atom is -0.395 e. The topological polar surface area (TPSA) is 122 Å². The molecule has 0 unspecified atom stereocenters. The molecule has 11 nitrogen and oxygen atoms in total. The van der Waals surface area contributed by atoms with E-state index in [4.69, 9.17) is 6.57 Å². The number of rotatable bonds is 6. The van der Waals surface area contributed by atoms with Crippen molar-refractivity contribution in [2.75, 3.05) is 18.9 Å². The van der Waals surface area contributed by atoms with E-state index in [9.17, 15) is 28.0 Å². The first-order valence-electron chi connectivity index (χ1n) is 14.1. The molecule has 0 aliphatic carbocycles. The van der Waals surface area contributed by atoms with Gasteiger partial charge in [0.1, 0.15) is 17.5 Å². The third-order valence-corrected chi connectivity index (χ3v) is 8.18. The first-order valence-corrected chi connectivity index (χ1v) is 14.1. The number of hydrogen-bond acceptors (Lipinski definition) is 6. The van der Waals surface area contributed by atoms with Gasteiger partial charge in [-0.3, -0.25) is 28.9 Å². The summed E-state index contributed by atoms with van der Waals surface area (Å²) in [5.74, 6) is -2.58. The zero-order valence-electron chi connectivity index (χ0n) is 24.9. The molecule has 3 heterocycles. The minimum atomic E-state index is -3.84. The van der Waals surface area contributed by atoms with Crippen molar-refractivity contribution in [3.63, 3.8) is 0 Å². The quantitative estimate of drug-likeness (QED) is 0.482. The van der Waals surface area contributed by atoms with Crippen LogP contribution < -0.4 is 20.1 Å². The molecule has 2 aromatic carbocycles. The minimum absolute atomic E-state index is 0.0140. The van der Waals surface area contributed by atoms with Gasteiger partial charge in [0, 0.05) is 24.8 Å². The van der Waals surface area contributed by atoms with Gasteiger partial charge in [0.05, 0.1) is 6.42 Å². The lowest BCUT2D eigenvalue weighted by Crippen LogP contribution is -2.56. The Bertz CT molecular complexity index is 1580. The van der Waals surface area contributed by atoms with E-state index in [2.05, 4.69) is 25.0 Å². The highest BCUT2D eigenvalue weighted by atomic mass is 19.3. The van der Waals surface area contributed by atoms with Gasteiger partial charge in [0.15, 0.2) is 11.5 Å². The summed E-state index contributed by atoms with van der Waals surface area (Å²) in [5.41, 5.74) is -0.152. The van der Waals surface area contributed by atoms with Crippen LogP contribution in [0, 0.1) is 12.0 Å². The van der Waals surface area contributed by atoms with Crippen LogP contribution in [-0.2, 0) is 19.8 Å². The Labute approximate surface area is 253 Å². The van der Waals surface area contributed by atoms with Crippen LogP contribution in [0.15, 0.2) is 42.5 Å². The molecule has 3 aliphatic rings. The number of alkyl halides is 2. The summed E-state index contributed by atoms with van der Waals surface area (Å²) in [7, 11) is 1.46. The molecule has 3 aliphatic heterocycles. The van der Waals surface area contributed by atoms with Crippen molar-refractivity contribution in [3.05, 3.63) is 65.0 Å². The smallest absolute Gasteiger partial charge is 0.395 e.